The zero-order valence-electron chi connectivity index (χ0n) is 12.0. The first-order valence-corrected chi connectivity index (χ1v) is 8.19. The number of ether oxygens (including phenoxy) is 1. The van der Waals surface area contributed by atoms with Crippen LogP contribution in [0.25, 0.3) is 0 Å². The number of halogens is 3. The Morgan fingerprint density at radius 3 is 2.64 bits per heavy atom. The van der Waals surface area contributed by atoms with Crippen molar-refractivity contribution in [2.45, 2.75) is 38.6 Å². The van der Waals surface area contributed by atoms with E-state index in [0.29, 0.717) is 5.82 Å². The smallest absolute Gasteiger partial charge is 0.375 e. The standard InChI is InChI=1S/C11H16F3N3O4S/c1-7-9(10-15-8(2)16-21-10)17(4-5-20-7)22(18,19)6-3-11(12,13)14/h7,9H,3-6H2,1-2H3/t7-,9+/m1/s1. The first kappa shape index (κ1) is 17.2. The minimum Gasteiger partial charge on any atom is -0.375 e. The SMILES string of the molecule is Cc1noc([C@@H]2[C@@H](C)OCCN2S(=O)(=O)CCC(F)(F)F)n1. The predicted molar refractivity (Wildman–Crippen MR) is 68.4 cm³/mol. The van der Waals surface area contributed by atoms with Gasteiger partial charge in [0.25, 0.3) is 0 Å². The Bertz CT molecular complexity index is 616. The molecule has 0 aromatic carbocycles. The lowest BCUT2D eigenvalue weighted by molar-refractivity contribution is -0.130. The number of aryl methyl sites for hydroxylation is 1. The highest BCUT2D eigenvalue weighted by Gasteiger charge is 2.42. The summed E-state index contributed by atoms with van der Waals surface area (Å²) < 4.78 is 72.7. The topological polar surface area (TPSA) is 85.5 Å². The minimum atomic E-state index is -4.54. The Balaban J connectivity index is 2.25. The van der Waals surface area contributed by atoms with Gasteiger partial charge >= 0.3 is 6.18 Å². The van der Waals surface area contributed by atoms with E-state index in [4.69, 9.17) is 9.26 Å². The van der Waals surface area contributed by atoms with Crippen LogP contribution in [0.4, 0.5) is 13.2 Å². The van der Waals surface area contributed by atoms with Crippen molar-refractivity contribution in [1.82, 2.24) is 14.4 Å². The normalized spacial score (nSPS) is 24.6. The summed E-state index contributed by atoms with van der Waals surface area (Å²) in [4.78, 5) is 3.97. The number of sulfonamides is 1. The van der Waals surface area contributed by atoms with Gasteiger partial charge in [-0.05, 0) is 13.8 Å². The highest BCUT2D eigenvalue weighted by molar-refractivity contribution is 7.89. The molecule has 0 unspecified atom stereocenters. The Morgan fingerprint density at radius 2 is 2.09 bits per heavy atom. The van der Waals surface area contributed by atoms with Crippen molar-refractivity contribution in [3.8, 4) is 0 Å². The molecule has 7 nitrogen and oxygen atoms in total. The van der Waals surface area contributed by atoms with E-state index in [1.54, 1.807) is 13.8 Å². The van der Waals surface area contributed by atoms with Crippen LogP contribution in [-0.4, -0.2) is 54.0 Å². The van der Waals surface area contributed by atoms with Crippen molar-refractivity contribution >= 4 is 10.0 Å². The number of nitrogens with zero attached hydrogens (tertiary/aromatic N) is 3. The van der Waals surface area contributed by atoms with E-state index in [2.05, 4.69) is 10.1 Å². The summed E-state index contributed by atoms with van der Waals surface area (Å²) in [6, 6.07) is -0.923. The second-order valence-electron chi connectivity index (χ2n) is 4.99. The molecule has 2 atom stereocenters. The van der Waals surface area contributed by atoms with Crippen molar-refractivity contribution in [2.24, 2.45) is 0 Å². The van der Waals surface area contributed by atoms with Crippen molar-refractivity contribution in [2.75, 3.05) is 18.9 Å². The van der Waals surface area contributed by atoms with Crippen LogP contribution in [0.1, 0.15) is 31.1 Å². The molecule has 0 amide bonds. The summed E-state index contributed by atoms with van der Waals surface area (Å²) in [5.74, 6) is -0.701. The van der Waals surface area contributed by atoms with Crippen LogP contribution in [-0.2, 0) is 14.8 Å². The Hall–Kier alpha value is -1.20. The third kappa shape index (κ3) is 3.96. The zero-order valence-corrected chi connectivity index (χ0v) is 12.8. The van der Waals surface area contributed by atoms with Gasteiger partial charge < -0.3 is 9.26 Å². The maximum absolute atomic E-state index is 12.3. The number of aromatic nitrogens is 2. The third-order valence-electron chi connectivity index (χ3n) is 3.24. The van der Waals surface area contributed by atoms with Gasteiger partial charge in [-0.1, -0.05) is 5.16 Å². The van der Waals surface area contributed by atoms with E-state index >= 15 is 0 Å². The molecule has 1 aliphatic heterocycles. The molecule has 0 bridgehead atoms. The largest absolute Gasteiger partial charge is 0.390 e. The number of rotatable bonds is 4. The van der Waals surface area contributed by atoms with Crippen molar-refractivity contribution < 1.29 is 30.8 Å². The molecule has 0 aliphatic carbocycles. The summed E-state index contributed by atoms with van der Waals surface area (Å²) in [5, 5.41) is 3.58. The lowest BCUT2D eigenvalue weighted by Crippen LogP contribution is -2.48. The fraction of sp³-hybridized carbons (Fsp3) is 0.818. The maximum Gasteiger partial charge on any atom is 0.390 e. The van der Waals surface area contributed by atoms with Crippen LogP contribution in [0.15, 0.2) is 4.52 Å². The molecule has 0 N–H and O–H groups in total. The van der Waals surface area contributed by atoms with Crippen LogP contribution in [0, 0.1) is 6.92 Å². The molecular formula is C11H16F3N3O4S. The van der Waals surface area contributed by atoms with E-state index in [0.717, 1.165) is 4.31 Å². The van der Waals surface area contributed by atoms with Crippen LogP contribution in [0.3, 0.4) is 0 Å². The Kier molecular flexibility index (Phi) is 4.78. The molecule has 22 heavy (non-hydrogen) atoms. The van der Waals surface area contributed by atoms with E-state index < -0.39 is 40.5 Å². The molecule has 11 heteroatoms. The lowest BCUT2D eigenvalue weighted by atomic mass is 10.1. The van der Waals surface area contributed by atoms with E-state index in [9.17, 15) is 21.6 Å². The number of alkyl halides is 3. The van der Waals surface area contributed by atoms with Crippen LogP contribution < -0.4 is 0 Å². The van der Waals surface area contributed by atoms with Gasteiger partial charge in [-0.15, -0.1) is 0 Å². The summed E-state index contributed by atoms with van der Waals surface area (Å²) in [7, 11) is -4.13. The average Bonchev–Trinajstić information content (AvgIpc) is 2.82. The van der Waals surface area contributed by atoms with Gasteiger partial charge in [0, 0.05) is 6.54 Å². The molecule has 0 radical (unpaired) electrons. The summed E-state index contributed by atoms with van der Waals surface area (Å²) in [5.41, 5.74) is 0. The fourth-order valence-corrected chi connectivity index (χ4v) is 3.91. The molecule has 0 spiro atoms. The van der Waals surface area contributed by atoms with Gasteiger partial charge in [-0.3, -0.25) is 0 Å². The van der Waals surface area contributed by atoms with Crippen molar-refractivity contribution in [3.63, 3.8) is 0 Å². The van der Waals surface area contributed by atoms with E-state index in [1.807, 2.05) is 0 Å². The predicted octanol–water partition coefficient (Wildman–Crippen LogP) is 1.42. The van der Waals surface area contributed by atoms with Crippen molar-refractivity contribution in [3.05, 3.63) is 11.7 Å². The summed E-state index contributed by atoms with van der Waals surface area (Å²) >= 11 is 0. The zero-order chi connectivity index (χ0) is 16.5. The monoisotopic (exact) mass is 343 g/mol. The van der Waals surface area contributed by atoms with Gasteiger partial charge in [0.15, 0.2) is 5.82 Å². The highest BCUT2D eigenvalue weighted by atomic mass is 32.2. The van der Waals surface area contributed by atoms with Gasteiger partial charge in [0.1, 0.15) is 6.04 Å². The highest BCUT2D eigenvalue weighted by Crippen LogP contribution is 2.32. The van der Waals surface area contributed by atoms with Gasteiger partial charge in [-0.2, -0.15) is 22.5 Å². The number of morpholine rings is 1. The van der Waals surface area contributed by atoms with E-state index in [-0.39, 0.29) is 19.0 Å². The first-order chi connectivity index (χ1) is 10.1. The quantitative estimate of drug-likeness (QED) is 0.822. The molecule has 0 saturated carbocycles. The average molecular weight is 343 g/mol. The second-order valence-corrected chi connectivity index (χ2v) is 7.03. The molecule has 1 aliphatic rings. The molecule has 1 aromatic heterocycles. The van der Waals surface area contributed by atoms with Gasteiger partial charge in [0.05, 0.1) is 24.9 Å². The molecule has 1 fully saturated rings. The molecule has 1 aromatic rings. The third-order valence-corrected chi connectivity index (χ3v) is 5.09. The lowest BCUT2D eigenvalue weighted by Gasteiger charge is -2.36. The Labute approximate surface area is 125 Å². The minimum absolute atomic E-state index is 0.0142. The summed E-state index contributed by atoms with van der Waals surface area (Å²) in [6.45, 7) is 3.20. The maximum atomic E-state index is 12.3. The van der Waals surface area contributed by atoms with Crippen LogP contribution in [0.5, 0.6) is 0 Å². The molecule has 1 saturated heterocycles. The molecule has 2 heterocycles. The van der Waals surface area contributed by atoms with Crippen molar-refractivity contribution in [1.29, 1.82) is 0 Å². The molecular weight excluding hydrogens is 327 g/mol. The van der Waals surface area contributed by atoms with E-state index in [1.165, 1.54) is 0 Å². The van der Waals surface area contributed by atoms with Gasteiger partial charge in [0.2, 0.25) is 15.9 Å². The second kappa shape index (κ2) is 6.13. The Morgan fingerprint density at radius 1 is 1.41 bits per heavy atom. The number of hydrogen-bond acceptors (Lipinski definition) is 6. The van der Waals surface area contributed by atoms with Crippen LogP contribution >= 0.6 is 0 Å². The summed E-state index contributed by atoms with van der Waals surface area (Å²) in [6.07, 6.45) is -6.55. The molecule has 126 valence electrons. The molecule has 2 rings (SSSR count). The number of hydrogen-bond donors (Lipinski definition) is 0. The van der Waals surface area contributed by atoms with Crippen LogP contribution in [0.2, 0.25) is 0 Å². The first-order valence-electron chi connectivity index (χ1n) is 6.58. The van der Waals surface area contributed by atoms with Gasteiger partial charge in [-0.25, -0.2) is 8.42 Å². The fourth-order valence-electron chi connectivity index (χ4n) is 2.22.